The number of hydrogen-bond donors (Lipinski definition) is 2. The monoisotopic (exact) mass is 229 g/mol. The summed E-state index contributed by atoms with van der Waals surface area (Å²) >= 11 is 0. The lowest BCUT2D eigenvalue weighted by atomic mass is 10.1. The quantitative estimate of drug-likeness (QED) is 0.566. The zero-order chi connectivity index (χ0) is 11.5. The molecule has 16 heavy (non-hydrogen) atoms. The van der Waals surface area contributed by atoms with Crippen LogP contribution in [-0.4, -0.2) is 22.3 Å². The minimum Gasteiger partial charge on any atom is -0.481 e. The molecule has 0 aliphatic rings. The van der Waals surface area contributed by atoms with Crippen molar-refractivity contribution in [2.75, 3.05) is 0 Å². The Morgan fingerprint density at radius 3 is 2.06 bits per heavy atom. The molecule has 0 aliphatic heterocycles. The Morgan fingerprint density at radius 2 is 1.56 bits per heavy atom. The smallest absolute Gasteiger partial charge is 0.305 e. The molecule has 0 spiro atoms. The van der Waals surface area contributed by atoms with Crippen LogP contribution in [0.25, 0.3) is 0 Å². The number of aliphatic carboxylic acids is 1. The van der Waals surface area contributed by atoms with Crippen molar-refractivity contribution in [2.45, 2.75) is 70.8 Å². The number of unbranched alkanes of at least 4 members (excludes halogenated alkanes) is 6. The first-order valence-corrected chi connectivity index (χ1v) is 6.06. The molecule has 0 fully saturated rings. The Labute approximate surface area is 99.9 Å². The van der Waals surface area contributed by atoms with E-state index in [1.165, 1.54) is 32.1 Å². The highest BCUT2D eigenvalue weighted by atomic mass is 16.4. The molecule has 0 rings (SSSR count). The third kappa shape index (κ3) is 13.4. The normalized spacial score (nSPS) is 11.9. The van der Waals surface area contributed by atoms with Crippen LogP contribution in [0.4, 0.5) is 0 Å². The fourth-order valence-corrected chi connectivity index (χ4v) is 1.64. The van der Waals surface area contributed by atoms with Crippen molar-refractivity contribution in [2.24, 2.45) is 0 Å². The first-order valence-electron chi connectivity index (χ1n) is 6.06. The summed E-state index contributed by atoms with van der Waals surface area (Å²) in [5.41, 5.74) is 0. The minimum absolute atomic E-state index is 0. The zero-order valence-electron chi connectivity index (χ0n) is 10.3. The lowest BCUT2D eigenvalue weighted by molar-refractivity contribution is -0.139. The fourth-order valence-electron chi connectivity index (χ4n) is 1.64. The molecule has 0 bridgehead atoms. The summed E-state index contributed by atoms with van der Waals surface area (Å²) in [5, 5.41) is 17.7. The average molecular weight is 229 g/mol. The first-order chi connectivity index (χ1) is 7.16. The van der Waals surface area contributed by atoms with Gasteiger partial charge in [-0.3, -0.25) is 4.79 Å². The van der Waals surface area contributed by atoms with Gasteiger partial charge in [0.2, 0.25) is 0 Å². The van der Waals surface area contributed by atoms with Gasteiger partial charge in [-0.15, -0.1) is 0 Å². The molecule has 0 aliphatic carbocycles. The van der Waals surface area contributed by atoms with E-state index in [0.29, 0.717) is 6.42 Å². The highest BCUT2D eigenvalue weighted by Gasteiger charge is 2.08. The van der Waals surface area contributed by atoms with Crippen LogP contribution in [-0.2, 0) is 4.79 Å². The molecule has 3 heteroatoms. The van der Waals surface area contributed by atoms with E-state index in [1.54, 1.807) is 0 Å². The molecule has 1 atom stereocenters. The molecule has 0 saturated heterocycles. The summed E-state index contributed by atoms with van der Waals surface area (Å²) in [7, 11) is 0. The largest absolute Gasteiger partial charge is 0.481 e. The third-order valence-corrected chi connectivity index (χ3v) is 2.55. The second-order valence-corrected chi connectivity index (χ2v) is 4.16. The zero-order valence-corrected chi connectivity index (χ0v) is 10.3. The van der Waals surface area contributed by atoms with Crippen LogP contribution in [0.1, 0.15) is 64.7 Å². The van der Waals surface area contributed by atoms with Crippen LogP contribution >= 0.6 is 0 Å². The molecular weight excluding hydrogens is 204 g/mol. The summed E-state index contributed by atoms with van der Waals surface area (Å²) < 4.78 is 0. The second-order valence-electron chi connectivity index (χ2n) is 4.16. The van der Waals surface area contributed by atoms with E-state index in [2.05, 4.69) is 6.92 Å². The van der Waals surface area contributed by atoms with Crippen molar-refractivity contribution in [1.82, 2.24) is 0 Å². The Kier molecular flexibility index (Phi) is 13.9. The number of carboxylic acids is 1. The highest BCUT2D eigenvalue weighted by molar-refractivity contribution is 5.67. The molecule has 3 nitrogen and oxygen atoms in total. The van der Waals surface area contributed by atoms with E-state index in [-0.39, 0.29) is 13.8 Å². The highest BCUT2D eigenvalue weighted by Crippen LogP contribution is 2.10. The summed E-state index contributed by atoms with van der Waals surface area (Å²) in [5.74, 6) is -0.912. The van der Waals surface area contributed by atoms with Gasteiger partial charge < -0.3 is 10.2 Å². The van der Waals surface area contributed by atoms with E-state index in [0.717, 1.165) is 12.8 Å². The Bertz CT molecular complexity index is 157. The molecule has 0 aromatic rings. The Hall–Kier alpha value is -0.570. The van der Waals surface area contributed by atoms with Crippen molar-refractivity contribution in [3.8, 4) is 0 Å². The van der Waals surface area contributed by atoms with Gasteiger partial charge >= 0.3 is 5.97 Å². The van der Waals surface area contributed by atoms with E-state index in [9.17, 15) is 9.90 Å². The minimum atomic E-state index is -0.912. The third-order valence-electron chi connectivity index (χ3n) is 2.55. The molecule has 0 aromatic carbocycles. The number of aliphatic hydroxyl groups is 1. The lowest BCUT2D eigenvalue weighted by Crippen LogP contribution is -2.12. The van der Waals surface area contributed by atoms with E-state index in [1.807, 2.05) is 0 Å². The SMILES string of the molecule is CCCCCCCCCC(O)CC(=O)O.[CH]. The molecule has 0 amide bonds. The van der Waals surface area contributed by atoms with Gasteiger partial charge in [-0.25, -0.2) is 0 Å². The Morgan fingerprint density at radius 1 is 1.06 bits per heavy atom. The van der Waals surface area contributed by atoms with E-state index < -0.39 is 12.1 Å². The molecule has 1 unspecified atom stereocenters. The molecule has 2 N–H and O–H groups in total. The number of rotatable bonds is 10. The topological polar surface area (TPSA) is 57.5 Å². The fraction of sp³-hybridized carbons (Fsp3) is 0.846. The summed E-state index contributed by atoms with van der Waals surface area (Å²) in [6, 6.07) is 0. The molecule has 95 valence electrons. The van der Waals surface area contributed by atoms with E-state index in [4.69, 9.17) is 5.11 Å². The number of hydrogen-bond acceptors (Lipinski definition) is 2. The maximum absolute atomic E-state index is 10.3. The van der Waals surface area contributed by atoms with Crippen LogP contribution in [0.3, 0.4) is 0 Å². The average Bonchev–Trinajstić information content (AvgIpc) is 2.15. The first kappa shape index (κ1) is 17.8. The van der Waals surface area contributed by atoms with Gasteiger partial charge in [-0.1, -0.05) is 51.9 Å². The van der Waals surface area contributed by atoms with Crippen molar-refractivity contribution in [1.29, 1.82) is 0 Å². The molecule has 0 aromatic heterocycles. The van der Waals surface area contributed by atoms with Gasteiger partial charge in [0.1, 0.15) is 0 Å². The number of carboxylic acid groups (broad SMARTS) is 1. The van der Waals surface area contributed by atoms with Crippen molar-refractivity contribution < 1.29 is 15.0 Å². The molecule has 0 heterocycles. The summed E-state index contributed by atoms with van der Waals surface area (Å²) in [6.45, 7) is 2.20. The maximum atomic E-state index is 10.3. The van der Waals surface area contributed by atoms with Gasteiger partial charge in [-0.05, 0) is 13.8 Å². The predicted molar refractivity (Wildman–Crippen MR) is 65.2 cm³/mol. The van der Waals surface area contributed by atoms with Crippen LogP contribution in [0.15, 0.2) is 0 Å². The number of carbonyl (C=O) groups is 1. The summed E-state index contributed by atoms with van der Waals surface area (Å²) in [6.07, 6.45) is 8.25. The van der Waals surface area contributed by atoms with Crippen molar-refractivity contribution in [3.05, 3.63) is 7.43 Å². The van der Waals surface area contributed by atoms with Gasteiger partial charge in [-0.2, -0.15) is 0 Å². The van der Waals surface area contributed by atoms with Crippen LogP contribution in [0, 0.1) is 7.43 Å². The van der Waals surface area contributed by atoms with Gasteiger partial charge in [0.05, 0.1) is 12.5 Å². The molecular formula is C13H25O3. The van der Waals surface area contributed by atoms with Crippen molar-refractivity contribution in [3.63, 3.8) is 0 Å². The molecule has 3 radical (unpaired) electrons. The lowest BCUT2D eigenvalue weighted by Gasteiger charge is -2.06. The number of aliphatic hydroxyl groups excluding tert-OH is 1. The standard InChI is InChI=1S/C12H24O3.CH/c1-2-3-4-5-6-7-8-9-11(13)10-12(14)15;/h11,13H,2-10H2,1H3,(H,14,15);1H. The van der Waals surface area contributed by atoms with Gasteiger partial charge in [0.25, 0.3) is 0 Å². The second kappa shape index (κ2) is 12.5. The van der Waals surface area contributed by atoms with Crippen LogP contribution in [0.2, 0.25) is 0 Å². The van der Waals surface area contributed by atoms with Gasteiger partial charge in [0.15, 0.2) is 0 Å². The van der Waals surface area contributed by atoms with Crippen molar-refractivity contribution >= 4 is 5.97 Å². The molecule has 0 saturated carbocycles. The van der Waals surface area contributed by atoms with Gasteiger partial charge in [0, 0.05) is 0 Å². The Balaban J connectivity index is 0. The predicted octanol–water partition coefficient (Wildman–Crippen LogP) is 3.17. The van der Waals surface area contributed by atoms with E-state index >= 15 is 0 Å². The summed E-state index contributed by atoms with van der Waals surface area (Å²) in [4.78, 5) is 10.3. The maximum Gasteiger partial charge on any atom is 0.305 e. The van der Waals surface area contributed by atoms with Crippen LogP contribution in [0.5, 0.6) is 0 Å². The van der Waals surface area contributed by atoms with Crippen LogP contribution < -0.4 is 0 Å².